The van der Waals surface area contributed by atoms with Gasteiger partial charge in [0.1, 0.15) is 6.10 Å². The quantitative estimate of drug-likeness (QED) is 0.0866. The Morgan fingerprint density at radius 1 is 0.543 bits per heavy atom. The van der Waals surface area contributed by atoms with Gasteiger partial charge < -0.3 is 10.1 Å². The molecule has 0 heterocycles. The van der Waals surface area contributed by atoms with E-state index < -0.39 is 0 Å². The number of carbonyl (C=O) groups excluding carboxylic acids is 1. The average Bonchev–Trinajstić information content (AvgIpc) is 2.85. The molecule has 0 amide bonds. The molecule has 3 heteroatoms. The first-order valence-electron chi connectivity index (χ1n) is 16.1. The molecule has 0 aromatic carbocycles. The van der Waals surface area contributed by atoms with Crippen molar-refractivity contribution in [2.24, 2.45) is 5.92 Å². The summed E-state index contributed by atoms with van der Waals surface area (Å²) in [6.07, 6.45) is 28.9. The fraction of sp³-hybridized carbons (Fsp3) is 0.969. The molecule has 0 fully saturated rings. The van der Waals surface area contributed by atoms with E-state index in [4.69, 9.17) is 4.74 Å². The number of hydrogen-bond donors (Lipinski definition) is 1. The van der Waals surface area contributed by atoms with E-state index in [2.05, 4.69) is 33.0 Å². The van der Waals surface area contributed by atoms with Gasteiger partial charge in [-0.1, -0.05) is 130 Å². The van der Waals surface area contributed by atoms with Gasteiger partial charge in [-0.15, -0.1) is 0 Å². The molecule has 0 aliphatic heterocycles. The van der Waals surface area contributed by atoms with Crippen LogP contribution < -0.4 is 5.32 Å². The van der Waals surface area contributed by atoms with E-state index in [-0.39, 0.29) is 12.1 Å². The summed E-state index contributed by atoms with van der Waals surface area (Å²) >= 11 is 0. The summed E-state index contributed by atoms with van der Waals surface area (Å²) in [5.74, 6) is 0.963. The van der Waals surface area contributed by atoms with Gasteiger partial charge in [-0.3, -0.25) is 4.79 Å². The van der Waals surface area contributed by atoms with Gasteiger partial charge in [0.25, 0.3) is 0 Å². The predicted octanol–water partition coefficient (Wildman–Crippen LogP) is 10.2. The highest BCUT2D eigenvalue weighted by molar-refractivity contribution is 5.69. The minimum atomic E-state index is 0.0183. The van der Waals surface area contributed by atoms with Crippen LogP contribution in [0.1, 0.15) is 175 Å². The summed E-state index contributed by atoms with van der Waals surface area (Å²) in [6.45, 7) is 11.1. The van der Waals surface area contributed by atoms with Gasteiger partial charge in [0.2, 0.25) is 0 Å². The lowest BCUT2D eigenvalue weighted by atomic mass is 9.90. The monoisotopic (exact) mass is 496 g/mol. The lowest BCUT2D eigenvalue weighted by Gasteiger charge is -2.18. The van der Waals surface area contributed by atoms with Crippen LogP contribution in [0.15, 0.2) is 0 Å². The van der Waals surface area contributed by atoms with Crippen molar-refractivity contribution in [2.75, 3.05) is 13.1 Å². The highest BCUT2D eigenvalue weighted by atomic mass is 16.5. The summed E-state index contributed by atoms with van der Waals surface area (Å²) in [4.78, 5) is 12.4. The molecule has 210 valence electrons. The number of rotatable bonds is 28. The van der Waals surface area contributed by atoms with Gasteiger partial charge in [0, 0.05) is 6.42 Å². The second kappa shape index (κ2) is 28.0. The van der Waals surface area contributed by atoms with E-state index in [9.17, 15) is 4.79 Å². The van der Waals surface area contributed by atoms with Crippen LogP contribution in [0, 0.1) is 5.92 Å². The summed E-state index contributed by atoms with van der Waals surface area (Å²) in [5, 5.41) is 3.56. The molecule has 35 heavy (non-hydrogen) atoms. The van der Waals surface area contributed by atoms with Gasteiger partial charge in [0.15, 0.2) is 0 Å². The molecule has 0 aliphatic rings. The predicted molar refractivity (Wildman–Crippen MR) is 155 cm³/mol. The lowest BCUT2D eigenvalue weighted by Crippen LogP contribution is -2.21. The summed E-state index contributed by atoms with van der Waals surface area (Å²) < 4.78 is 5.90. The minimum absolute atomic E-state index is 0.0183. The first kappa shape index (κ1) is 34.4. The van der Waals surface area contributed by atoms with Crippen LogP contribution in [0.3, 0.4) is 0 Å². The zero-order valence-electron chi connectivity index (χ0n) is 24.6. The van der Waals surface area contributed by atoms with E-state index in [1.807, 2.05) is 0 Å². The maximum Gasteiger partial charge on any atom is 0.306 e. The molecule has 0 rings (SSSR count). The summed E-state index contributed by atoms with van der Waals surface area (Å²) in [5.41, 5.74) is 0. The van der Waals surface area contributed by atoms with Gasteiger partial charge in [-0.05, 0) is 57.5 Å². The molecule has 0 atom stereocenters. The molecule has 0 spiro atoms. The fourth-order valence-corrected chi connectivity index (χ4v) is 5.07. The first-order valence-corrected chi connectivity index (χ1v) is 16.1. The summed E-state index contributed by atoms with van der Waals surface area (Å²) in [6, 6.07) is 0. The molecule has 3 nitrogen and oxygen atoms in total. The average molecular weight is 496 g/mol. The molecule has 0 aromatic heterocycles. The van der Waals surface area contributed by atoms with E-state index in [1.54, 1.807) is 0 Å². The number of ether oxygens (including phenoxy) is 1. The number of unbranched alkanes of at least 4 members (excludes halogenated alkanes) is 11. The molecule has 0 aliphatic carbocycles. The van der Waals surface area contributed by atoms with Crippen LogP contribution in [0.4, 0.5) is 0 Å². The second-order valence-electron chi connectivity index (χ2n) is 11.0. The second-order valence-corrected chi connectivity index (χ2v) is 11.0. The smallest absolute Gasteiger partial charge is 0.306 e. The van der Waals surface area contributed by atoms with Gasteiger partial charge in [-0.2, -0.15) is 0 Å². The Balaban J connectivity index is 3.94. The Morgan fingerprint density at radius 3 is 1.49 bits per heavy atom. The Morgan fingerprint density at radius 2 is 0.971 bits per heavy atom. The molecule has 0 unspecified atom stereocenters. The standard InChI is InChI=1S/C32H65NO2/c1-5-9-13-17-25-31(26-18-14-10-6-2)35-32(34)27-21-29-33-28-20-19-24-30(22-15-11-7-3)23-16-12-8-4/h30-31,33H,5-29H2,1-4H3. The van der Waals surface area contributed by atoms with Gasteiger partial charge >= 0.3 is 5.97 Å². The van der Waals surface area contributed by atoms with Crippen molar-refractivity contribution in [1.82, 2.24) is 5.32 Å². The zero-order chi connectivity index (χ0) is 25.8. The number of nitrogens with one attached hydrogen (secondary N) is 1. The Bertz CT molecular complexity index is 404. The van der Waals surface area contributed by atoms with E-state index in [0.717, 1.165) is 38.3 Å². The first-order chi connectivity index (χ1) is 17.2. The largest absolute Gasteiger partial charge is 0.462 e. The third-order valence-corrected chi connectivity index (χ3v) is 7.44. The highest BCUT2D eigenvalue weighted by Gasteiger charge is 2.14. The van der Waals surface area contributed by atoms with Crippen LogP contribution in [-0.4, -0.2) is 25.2 Å². The molecule has 1 N–H and O–H groups in total. The Hall–Kier alpha value is -0.570. The van der Waals surface area contributed by atoms with E-state index in [0.29, 0.717) is 6.42 Å². The van der Waals surface area contributed by atoms with Crippen LogP contribution >= 0.6 is 0 Å². The van der Waals surface area contributed by atoms with Crippen molar-refractivity contribution in [2.45, 2.75) is 181 Å². The van der Waals surface area contributed by atoms with Gasteiger partial charge in [0.05, 0.1) is 0 Å². The molecule has 0 aromatic rings. The maximum atomic E-state index is 12.4. The third-order valence-electron chi connectivity index (χ3n) is 7.44. The van der Waals surface area contributed by atoms with Crippen LogP contribution in [0.25, 0.3) is 0 Å². The normalized spacial score (nSPS) is 11.6. The number of carbonyl (C=O) groups is 1. The molecule has 0 saturated carbocycles. The van der Waals surface area contributed by atoms with Crippen molar-refractivity contribution in [3.8, 4) is 0 Å². The molecular formula is C32H65NO2. The van der Waals surface area contributed by atoms with E-state index in [1.165, 1.54) is 122 Å². The van der Waals surface area contributed by atoms with Crippen molar-refractivity contribution >= 4 is 5.97 Å². The molecule has 0 saturated heterocycles. The maximum absolute atomic E-state index is 12.4. The topological polar surface area (TPSA) is 38.3 Å². The van der Waals surface area contributed by atoms with Crippen LogP contribution in [0.2, 0.25) is 0 Å². The van der Waals surface area contributed by atoms with Gasteiger partial charge in [-0.25, -0.2) is 0 Å². The van der Waals surface area contributed by atoms with Crippen LogP contribution in [-0.2, 0) is 9.53 Å². The van der Waals surface area contributed by atoms with E-state index >= 15 is 0 Å². The van der Waals surface area contributed by atoms with Crippen LogP contribution in [0.5, 0.6) is 0 Å². The lowest BCUT2D eigenvalue weighted by molar-refractivity contribution is -0.150. The Kier molecular flexibility index (Phi) is 27.6. The molecule has 0 bridgehead atoms. The third kappa shape index (κ3) is 24.9. The zero-order valence-corrected chi connectivity index (χ0v) is 24.6. The Labute approximate surface area is 221 Å². The number of hydrogen-bond acceptors (Lipinski definition) is 3. The van der Waals surface area contributed by atoms with Crippen molar-refractivity contribution in [1.29, 1.82) is 0 Å². The highest BCUT2D eigenvalue weighted by Crippen LogP contribution is 2.23. The van der Waals surface area contributed by atoms with Crippen molar-refractivity contribution in [3.05, 3.63) is 0 Å². The SMILES string of the molecule is CCCCCCC(CCCCCC)OC(=O)CCCNCCCCC(CCCCC)CCCCC. The van der Waals surface area contributed by atoms with Crippen molar-refractivity contribution < 1.29 is 9.53 Å². The summed E-state index contributed by atoms with van der Waals surface area (Å²) in [7, 11) is 0. The minimum Gasteiger partial charge on any atom is -0.462 e. The number of esters is 1. The fourth-order valence-electron chi connectivity index (χ4n) is 5.07. The molecular weight excluding hydrogens is 430 g/mol. The van der Waals surface area contributed by atoms with Crippen molar-refractivity contribution in [3.63, 3.8) is 0 Å². The molecule has 0 radical (unpaired) electrons.